The molecule has 126 valence electrons. The number of hydrogen-bond donors (Lipinski definition) is 1. The third-order valence-corrected chi connectivity index (χ3v) is 3.66. The van der Waals surface area contributed by atoms with E-state index in [1.165, 1.54) is 25.3 Å². The number of aryl methyl sites for hydroxylation is 1. The molecule has 0 aliphatic carbocycles. The van der Waals surface area contributed by atoms with Crippen molar-refractivity contribution in [1.29, 1.82) is 0 Å². The first-order valence-corrected chi connectivity index (χ1v) is 7.71. The predicted octanol–water partition coefficient (Wildman–Crippen LogP) is 3.69. The fraction of sp³-hybridized carbons (Fsp3) is 0.188. The number of nitro groups is 1. The molecule has 7 nitrogen and oxygen atoms in total. The highest BCUT2D eigenvalue weighted by Crippen LogP contribution is 2.29. The molecule has 1 amide bonds. The summed E-state index contributed by atoms with van der Waals surface area (Å²) in [6.45, 7) is 1.63. The van der Waals surface area contributed by atoms with Crippen molar-refractivity contribution in [2.24, 2.45) is 0 Å². The molecule has 0 radical (unpaired) electrons. The highest BCUT2D eigenvalue weighted by atomic mass is 79.9. The van der Waals surface area contributed by atoms with Crippen LogP contribution in [0.25, 0.3) is 0 Å². The van der Waals surface area contributed by atoms with Crippen LogP contribution < -0.4 is 14.8 Å². The van der Waals surface area contributed by atoms with Crippen LogP contribution in [-0.4, -0.2) is 24.5 Å². The molecule has 0 aliphatic heterocycles. The molecule has 0 spiro atoms. The van der Waals surface area contributed by atoms with Gasteiger partial charge in [-0.3, -0.25) is 14.9 Å². The lowest BCUT2D eigenvalue weighted by Gasteiger charge is -2.12. The fourth-order valence-corrected chi connectivity index (χ4v) is 2.49. The van der Waals surface area contributed by atoms with Crippen LogP contribution in [-0.2, 0) is 4.79 Å². The number of carbonyl (C=O) groups is 1. The molecule has 8 heteroatoms. The smallest absolute Gasteiger partial charge is 0.271 e. The monoisotopic (exact) mass is 394 g/mol. The van der Waals surface area contributed by atoms with E-state index in [1.54, 1.807) is 6.07 Å². The molecule has 2 aromatic rings. The lowest BCUT2D eigenvalue weighted by molar-refractivity contribution is -0.384. The van der Waals surface area contributed by atoms with E-state index in [2.05, 4.69) is 21.2 Å². The van der Waals surface area contributed by atoms with Gasteiger partial charge in [-0.2, -0.15) is 0 Å². The van der Waals surface area contributed by atoms with Gasteiger partial charge in [-0.1, -0.05) is 15.9 Å². The molecule has 0 fully saturated rings. The Labute approximate surface area is 146 Å². The van der Waals surface area contributed by atoms with Gasteiger partial charge in [0, 0.05) is 16.6 Å². The Kier molecular flexibility index (Phi) is 5.75. The Hall–Kier alpha value is -2.61. The van der Waals surface area contributed by atoms with E-state index in [-0.39, 0.29) is 18.0 Å². The van der Waals surface area contributed by atoms with Gasteiger partial charge < -0.3 is 14.8 Å². The molecule has 0 saturated carbocycles. The number of nitrogens with zero attached hydrogens (tertiary/aromatic N) is 1. The van der Waals surface area contributed by atoms with Gasteiger partial charge in [-0.25, -0.2) is 0 Å². The summed E-state index contributed by atoms with van der Waals surface area (Å²) in [4.78, 5) is 22.3. The minimum Gasteiger partial charge on any atom is -0.495 e. The SMILES string of the molecule is COc1ccc([N+](=O)[O-])cc1NC(=O)COc1ccc(Br)cc1C. The number of non-ortho nitro benzene ring substituents is 1. The van der Waals surface area contributed by atoms with E-state index < -0.39 is 10.8 Å². The summed E-state index contributed by atoms with van der Waals surface area (Å²) in [5.41, 5.74) is 0.953. The summed E-state index contributed by atoms with van der Waals surface area (Å²) in [5.74, 6) is 0.462. The van der Waals surface area contributed by atoms with E-state index in [0.29, 0.717) is 11.5 Å². The van der Waals surface area contributed by atoms with Crippen molar-refractivity contribution >= 4 is 33.2 Å². The number of ether oxygens (including phenoxy) is 2. The van der Waals surface area contributed by atoms with Gasteiger partial charge >= 0.3 is 0 Å². The second-order valence-corrected chi connectivity index (χ2v) is 5.80. The normalized spacial score (nSPS) is 10.1. The standard InChI is InChI=1S/C16H15BrN2O5/c1-10-7-11(17)3-5-14(10)24-9-16(20)18-13-8-12(19(21)22)4-6-15(13)23-2/h3-8H,9H2,1-2H3,(H,18,20). The number of nitrogens with one attached hydrogen (secondary N) is 1. The zero-order chi connectivity index (χ0) is 17.7. The maximum Gasteiger partial charge on any atom is 0.271 e. The molecule has 0 aromatic heterocycles. The van der Waals surface area contributed by atoms with Crippen LogP contribution in [0.3, 0.4) is 0 Å². The van der Waals surface area contributed by atoms with Gasteiger partial charge in [0.25, 0.3) is 11.6 Å². The highest BCUT2D eigenvalue weighted by Gasteiger charge is 2.14. The number of methoxy groups -OCH3 is 1. The Morgan fingerprint density at radius 2 is 1.96 bits per heavy atom. The number of halogens is 1. The van der Waals surface area contributed by atoms with Crippen molar-refractivity contribution in [3.63, 3.8) is 0 Å². The summed E-state index contributed by atoms with van der Waals surface area (Å²) in [6, 6.07) is 9.40. The topological polar surface area (TPSA) is 90.7 Å². The number of carbonyl (C=O) groups excluding carboxylic acids is 1. The third kappa shape index (κ3) is 4.45. The van der Waals surface area contributed by atoms with Crippen molar-refractivity contribution in [3.05, 3.63) is 56.5 Å². The van der Waals surface area contributed by atoms with Crippen LogP contribution in [0, 0.1) is 17.0 Å². The second kappa shape index (κ2) is 7.78. The zero-order valence-corrected chi connectivity index (χ0v) is 14.6. The number of hydrogen-bond acceptors (Lipinski definition) is 5. The van der Waals surface area contributed by atoms with E-state index in [1.807, 2.05) is 19.1 Å². The van der Waals surface area contributed by atoms with Crippen molar-refractivity contribution in [1.82, 2.24) is 0 Å². The number of rotatable bonds is 6. The Bertz CT molecular complexity index is 779. The molecule has 24 heavy (non-hydrogen) atoms. The Balaban J connectivity index is 2.06. The lowest BCUT2D eigenvalue weighted by Crippen LogP contribution is -2.20. The molecule has 0 aliphatic rings. The number of amides is 1. The summed E-state index contributed by atoms with van der Waals surface area (Å²) in [5, 5.41) is 13.4. The van der Waals surface area contributed by atoms with Gasteiger partial charge in [-0.15, -0.1) is 0 Å². The first-order chi connectivity index (χ1) is 11.4. The lowest BCUT2D eigenvalue weighted by atomic mass is 10.2. The maximum atomic E-state index is 12.0. The van der Waals surface area contributed by atoms with Gasteiger partial charge in [0.15, 0.2) is 6.61 Å². The van der Waals surface area contributed by atoms with Crippen LogP contribution >= 0.6 is 15.9 Å². The van der Waals surface area contributed by atoms with Crippen LogP contribution in [0.1, 0.15) is 5.56 Å². The average Bonchev–Trinajstić information content (AvgIpc) is 2.53. The minimum absolute atomic E-state index is 0.143. The molecule has 0 bridgehead atoms. The van der Waals surface area contributed by atoms with Crippen LogP contribution in [0.4, 0.5) is 11.4 Å². The molecule has 0 unspecified atom stereocenters. The molecular weight excluding hydrogens is 380 g/mol. The molecule has 2 aromatic carbocycles. The first kappa shape index (κ1) is 17.7. The van der Waals surface area contributed by atoms with Gasteiger partial charge in [-0.05, 0) is 36.8 Å². The predicted molar refractivity (Wildman–Crippen MR) is 92.7 cm³/mol. The van der Waals surface area contributed by atoms with Crippen molar-refractivity contribution in [2.75, 3.05) is 19.0 Å². The van der Waals surface area contributed by atoms with Gasteiger partial charge in [0.05, 0.1) is 17.7 Å². The highest BCUT2D eigenvalue weighted by molar-refractivity contribution is 9.10. The molecule has 0 heterocycles. The van der Waals surface area contributed by atoms with E-state index >= 15 is 0 Å². The van der Waals surface area contributed by atoms with Crippen molar-refractivity contribution in [2.45, 2.75) is 6.92 Å². The molecule has 2 rings (SSSR count). The van der Waals surface area contributed by atoms with E-state index in [0.717, 1.165) is 10.0 Å². The molecule has 0 saturated heterocycles. The minimum atomic E-state index is -0.545. The second-order valence-electron chi connectivity index (χ2n) is 4.89. The number of anilines is 1. The molecular formula is C16H15BrN2O5. The number of benzene rings is 2. The summed E-state index contributed by atoms with van der Waals surface area (Å²) in [7, 11) is 1.42. The van der Waals surface area contributed by atoms with Gasteiger partial charge in [0.2, 0.25) is 0 Å². The third-order valence-electron chi connectivity index (χ3n) is 3.16. The van der Waals surface area contributed by atoms with E-state index in [4.69, 9.17) is 9.47 Å². The Morgan fingerprint density at radius 1 is 1.25 bits per heavy atom. The van der Waals surface area contributed by atoms with Crippen LogP contribution in [0.5, 0.6) is 11.5 Å². The zero-order valence-electron chi connectivity index (χ0n) is 13.0. The average molecular weight is 395 g/mol. The maximum absolute atomic E-state index is 12.0. The van der Waals surface area contributed by atoms with Crippen molar-refractivity contribution in [3.8, 4) is 11.5 Å². The largest absolute Gasteiger partial charge is 0.495 e. The molecule has 0 atom stereocenters. The summed E-state index contributed by atoms with van der Waals surface area (Å²) >= 11 is 3.35. The van der Waals surface area contributed by atoms with Crippen LogP contribution in [0.2, 0.25) is 0 Å². The quantitative estimate of drug-likeness (QED) is 0.595. The van der Waals surface area contributed by atoms with E-state index in [9.17, 15) is 14.9 Å². The van der Waals surface area contributed by atoms with Crippen LogP contribution in [0.15, 0.2) is 40.9 Å². The summed E-state index contributed by atoms with van der Waals surface area (Å²) in [6.07, 6.45) is 0. The Morgan fingerprint density at radius 3 is 2.58 bits per heavy atom. The fourth-order valence-electron chi connectivity index (χ4n) is 2.01. The first-order valence-electron chi connectivity index (χ1n) is 6.92. The van der Waals surface area contributed by atoms with Crippen molar-refractivity contribution < 1.29 is 19.2 Å². The molecule has 1 N–H and O–H groups in total. The van der Waals surface area contributed by atoms with Gasteiger partial charge in [0.1, 0.15) is 11.5 Å². The summed E-state index contributed by atoms with van der Waals surface area (Å²) < 4.78 is 11.5. The number of nitro benzene ring substituents is 1.